The van der Waals surface area contributed by atoms with Crippen LogP contribution in [0, 0.1) is 0 Å². The van der Waals surface area contributed by atoms with Gasteiger partial charge in [0, 0.05) is 12.0 Å². The molecule has 1 atom stereocenters. The predicted molar refractivity (Wildman–Crippen MR) is 83.1 cm³/mol. The van der Waals surface area contributed by atoms with Crippen molar-refractivity contribution >= 4 is 5.97 Å². The lowest BCUT2D eigenvalue weighted by Gasteiger charge is -2.16. The van der Waals surface area contributed by atoms with E-state index in [1.807, 2.05) is 30.3 Å². The van der Waals surface area contributed by atoms with E-state index in [1.54, 1.807) is 25.3 Å². The van der Waals surface area contributed by atoms with E-state index in [-0.39, 0.29) is 6.42 Å². The Bertz CT molecular complexity index is 628. The lowest BCUT2D eigenvalue weighted by molar-refractivity contribution is -0.138. The van der Waals surface area contributed by atoms with E-state index in [9.17, 15) is 4.79 Å². The molecule has 5 nitrogen and oxygen atoms in total. The van der Waals surface area contributed by atoms with Crippen LogP contribution in [0.4, 0.5) is 0 Å². The van der Waals surface area contributed by atoms with E-state index < -0.39 is 12.0 Å². The number of benzene rings is 2. The van der Waals surface area contributed by atoms with Crippen LogP contribution in [0.1, 0.15) is 11.1 Å². The summed E-state index contributed by atoms with van der Waals surface area (Å²) < 4.78 is 11.2. The minimum Gasteiger partial charge on any atom is -0.493 e. The molecule has 1 unspecified atom stereocenters. The summed E-state index contributed by atoms with van der Waals surface area (Å²) in [6, 6.07) is 14.1. The standard InChI is InChI=1S/C17H19NO4/c1-21-15-9-5-8-13(10-14(18)17(19)20)16(15)22-11-12-6-3-2-4-7-12/h2-9,14H,10-11,18H2,1H3,(H,19,20). The maximum atomic E-state index is 11.0. The first kappa shape index (κ1) is 15.9. The molecule has 0 spiro atoms. The van der Waals surface area contributed by atoms with Crippen molar-refractivity contribution in [3.05, 3.63) is 59.7 Å². The van der Waals surface area contributed by atoms with Crippen LogP contribution in [0.5, 0.6) is 11.5 Å². The van der Waals surface area contributed by atoms with Crippen LogP contribution in [0.15, 0.2) is 48.5 Å². The van der Waals surface area contributed by atoms with E-state index in [4.69, 9.17) is 20.3 Å². The minimum absolute atomic E-state index is 0.177. The van der Waals surface area contributed by atoms with Gasteiger partial charge in [-0.1, -0.05) is 42.5 Å². The molecule has 0 bridgehead atoms. The molecule has 0 saturated carbocycles. The number of carbonyl (C=O) groups is 1. The molecule has 0 radical (unpaired) electrons. The smallest absolute Gasteiger partial charge is 0.320 e. The van der Waals surface area contributed by atoms with Gasteiger partial charge in [-0.2, -0.15) is 0 Å². The molecule has 0 fully saturated rings. The number of hydrogen-bond donors (Lipinski definition) is 2. The lowest BCUT2D eigenvalue weighted by atomic mass is 10.0. The normalized spacial score (nSPS) is 11.7. The number of nitrogens with two attached hydrogens (primary N) is 1. The minimum atomic E-state index is -1.04. The van der Waals surface area contributed by atoms with E-state index in [0.717, 1.165) is 5.56 Å². The molecular formula is C17H19NO4. The average Bonchev–Trinajstić information content (AvgIpc) is 2.54. The van der Waals surface area contributed by atoms with Gasteiger partial charge in [0.2, 0.25) is 0 Å². The largest absolute Gasteiger partial charge is 0.493 e. The van der Waals surface area contributed by atoms with Crippen molar-refractivity contribution in [2.24, 2.45) is 5.73 Å². The van der Waals surface area contributed by atoms with Crippen LogP contribution in [-0.2, 0) is 17.8 Å². The van der Waals surface area contributed by atoms with E-state index in [2.05, 4.69) is 0 Å². The van der Waals surface area contributed by atoms with Crippen molar-refractivity contribution in [3.63, 3.8) is 0 Å². The molecule has 0 aliphatic rings. The van der Waals surface area contributed by atoms with Gasteiger partial charge in [0.15, 0.2) is 11.5 Å². The summed E-state index contributed by atoms with van der Waals surface area (Å²) in [6.07, 6.45) is 0.177. The van der Waals surface area contributed by atoms with Crippen molar-refractivity contribution in [2.75, 3.05) is 7.11 Å². The Labute approximate surface area is 129 Å². The highest BCUT2D eigenvalue weighted by Gasteiger charge is 2.18. The molecule has 0 heterocycles. The van der Waals surface area contributed by atoms with Crippen molar-refractivity contribution in [2.45, 2.75) is 19.1 Å². The van der Waals surface area contributed by atoms with Gasteiger partial charge in [-0.05, 0) is 11.6 Å². The SMILES string of the molecule is COc1cccc(CC(N)C(=O)O)c1OCc1ccccc1. The first-order valence-electron chi connectivity index (χ1n) is 6.92. The molecule has 22 heavy (non-hydrogen) atoms. The van der Waals surface area contributed by atoms with Crippen LogP contribution in [0.2, 0.25) is 0 Å². The molecule has 2 rings (SSSR count). The zero-order chi connectivity index (χ0) is 15.9. The summed E-state index contributed by atoms with van der Waals surface area (Å²) in [5.74, 6) is 0.0494. The number of methoxy groups -OCH3 is 1. The van der Waals surface area contributed by atoms with Crippen LogP contribution in [0.25, 0.3) is 0 Å². The third-order valence-electron chi connectivity index (χ3n) is 3.26. The average molecular weight is 301 g/mol. The first-order valence-corrected chi connectivity index (χ1v) is 6.92. The monoisotopic (exact) mass is 301 g/mol. The van der Waals surface area contributed by atoms with Gasteiger partial charge in [0.05, 0.1) is 7.11 Å². The van der Waals surface area contributed by atoms with E-state index in [0.29, 0.717) is 23.7 Å². The van der Waals surface area contributed by atoms with Crippen molar-refractivity contribution in [3.8, 4) is 11.5 Å². The lowest BCUT2D eigenvalue weighted by Crippen LogP contribution is -2.32. The quantitative estimate of drug-likeness (QED) is 0.819. The van der Waals surface area contributed by atoms with E-state index in [1.165, 1.54) is 0 Å². The molecule has 2 aromatic carbocycles. The summed E-state index contributed by atoms with van der Waals surface area (Å²) in [5.41, 5.74) is 7.35. The second-order valence-corrected chi connectivity index (χ2v) is 4.87. The first-order chi connectivity index (χ1) is 10.6. The summed E-state index contributed by atoms with van der Waals surface area (Å²) in [7, 11) is 1.55. The maximum Gasteiger partial charge on any atom is 0.320 e. The maximum absolute atomic E-state index is 11.0. The molecule has 0 aliphatic heterocycles. The van der Waals surface area contributed by atoms with Crippen LogP contribution < -0.4 is 15.2 Å². The summed E-state index contributed by atoms with van der Waals surface area (Å²) in [4.78, 5) is 11.0. The van der Waals surface area contributed by atoms with Crippen molar-refractivity contribution in [1.82, 2.24) is 0 Å². The molecular weight excluding hydrogens is 282 g/mol. The number of carboxylic acids is 1. The van der Waals surface area contributed by atoms with Gasteiger partial charge in [-0.15, -0.1) is 0 Å². The summed E-state index contributed by atoms with van der Waals surface area (Å²) >= 11 is 0. The van der Waals surface area contributed by atoms with Gasteiger partial charge in [-0.25, -0.2) is 0 Å². The fraction of sp³-hybridized carbons (Fsp3) is 0.235. The zero-order valence-electron chi connectivity index (χ0n) is 12.4. The molecule has 0 amide bonds. The number of para-hydroxylation sites is 1. The Morgan fingerprint density at radius 1 is 1.18 bits per heavy atom. The van der Waals surface area contributed by atoms with Crippen LogP contribution in [-0.4, -0.2) is 24.2 Å². The zero-order valence-corrected chi connectivity index (χ0v) is 12.4. The number of hydrogen-bond acceptors (Lipinski definition) is 4. The fourth-order valence-electron chi connectivity index (χ4n) is 2.10. The Morgan fingerprint density at radius 3 is 2.55 bits per heavy atom. The second kappa shape index (κ2) is 7.47. The highest BCUT2D eigenvalue weighted by Crippen LogP contribution is 2.32. The third kappa shape index (κ3) is 3.99. The highest BCUT2D eigenvalue weighted by atomic mass is 16.5. The van der Waals surface area contributed by atoms with Crippen molar-refractivity contribution < 1.29 is 19.4 Å². The fourth-order valence-corrected chi connectivity index (χ4v) is 2.10. The van der Waals surface area contributed by atoms with Gasteiger partial charge in [-0.3, -0.25) is 4.79 Å². The molecule has 0 aromatic heterocycles. The summed E-state index contributed by atoms with van der Waals surface area (Å²) in [6.45, 7) is 0.372. The summed E-state index contributed by atoms with van der Waals surface area (Å²) in [5, 5.41) is 8.97. The molecule has 116 valence electrons. The Balaban J connectivity index is 2.21. The molecule has 0 saturated heterocycles. The number of rotatable bonds is 7. The van der Waals surface area contributed by atoms with Crippen LogP contribution >= 0.6 is 0 Å². The topological polar surface area (TPSA) is 81.8 Å². The number of ether oxygens (including phenoxy) is 2. The molecule has 3 N–H and O–H groups in total. The van der Waals surface area contributed by atoms with Gasteiger partial charge < -0.3 is 20.3 Å². The Kier molecular flexibility index (Phi) is 5.38. The van der Waals surface area contributed by atoms with E-state index >= 15 is 0 Å². The van der Waals surface area contributed by atoms with Gasteiger partial charge >= 0.3 is 5.97 Å². The van der Waals surface area contributed by atoms with Gasteiger partial charge in [0.25, 0.3) is 0 Å². The molecule has 2 aromatic rings. The molecule has 5 heteroatoms. The van der Waals surface area contributed by atoms with Crippen LogP contribution in [0.3, 0.4) is 0 Å². The second-order valence-electron chi connectivity index (χ2n) is 4.87. The third-order valence-corrected chi connectivity index (χ3v) is 3.26. The van der Waals surface area contributed by atoms with Crippen molar-refractivity contribution in [1.29, 1.82) is 0 Å². The highest BCUT2D eigenvalue weighted by molar-refractivity contribution is 5.73. The Morgan fingerprint density at radius 2 is 1.91 bits per heavy atom. The van der Waals surface area contributed by atoms with Gasteiger partial charge in [0.1, 0.15) is 12.6 Å². The Hall–Kier alpha value is -2.53. The molecule has 0 aliphatic carbocycles. The number of carboxylic acid groups (broad SMARTS) is 1. The number of aliphatic carboxylic acids is 1. The predicted octanol–water partition coefficient (Wildman–Crippen LogP) is 2.23.